The first-order valence-electron chi connectivity index (χ1n) is 13.1. The molecule has 1 aliphatic carbocycles. The monoisotopic (exact) mass is 447 g/mol. The quantitative estimate of drug-likeness (QED) is 0.609. The first-order valence-corrected chi connectivity index (χ1v) is 13.1. The fraction of sp³-hybridized carbons (Fsp3) is 0.630. The summed E-state index contributed by atoms with van der Waals surface area (Å²) < 4.78 is 0. The maximum absolute atomic E-state index is 13.1. The molecule has 2 saturated heterocycles. The van der Waals surface area contributed by atoms with E-state index in [1.54, 1.807) is 6.20 Å². The molecular weight excluding hydrogens is 410 g/mol. The average molecular weight is 448 g/mol. The molecule has 2 aromatic heterocycles. The molecule has 0 spiro atoms. The number of likely N-dealkylation sites (tertiary alicyclic amines) is 1. The molecule has 0 radical (unpaired) electrons. The Hall–Kier alpha value is -2.50. The van der Waals surface area contributed by atoms with E-state index in [2.05, 4.69) is 20.9 Å². The Labute approximate surface area is 197 Å². The van der Waals surface area contributed by atoms with Crippen LogP contribution in [0.2, 0.25) is 0 Å². The normalized spacial score (nSPS) is 22.0. The second-order valence-corrected chi connectivity index (χ2v) is 10.1. The number of pyridine rings is 1. The molecule has 3 fully saturated rings. The summed E-state index contributed by atoms with van der Waals surface area (Å²) in [6.07, 6.45) is 18.6. The first-order chi connectivity index (χ1) is 16.3. The van der Waals surface area contributed by atoms with Crippen LogP contribution in [0.5, 0.6) is 0 Å². The summed E-state index contributed by atoms with van der Waals surface area (Å²) in [5, 5.41) is 0. The van der Waals surface area contributed by atoms with Gasteiger partial charge in [0.05, 0.1) is 5.69 Å². The molecule has 1 amide bonds. The van der Waals surface area contributed by atoms with Gasteiger partial charge in [-0.25, -0.2) is 9.97 Å². The Balaban J connectivity index is 1.36. The Morgan fingerprint density at radius 3 is 2.61 bits per heavy atom. The number of carbonyl (C=O) groups excluding carboxylic acids is 1. The van der Waals surface area contributed by atoms with Crippen LogP contribution in [0.25, 0.3) is 11.1 Å². The van der Waals surface area contributed by atoms with Crippen molar-refractivity contribution < 1.29 is 4.79 Å². The Morgan fingerprint density at radius 1 is 0.970 bits per heavy atom. The van der Waals surface area contributed by atoms with E-state index in [1.165, 1.54) is 44.9 Å². The third kappa shape index (κ3) is 5.36. The second-order valence-electron chi connectivity index (χ2n) is 10.1. The number of aromatic nitrogens is 3. The fourth-order valence-electron chi connectivity index (χ4n) is 5.90. The summed E-state index contributed by atoms with van der Waals surface area (Å²) in [6, 6.07) is 4.06. The van der Waals surface area contributed by atoms with Gasteiger partial charge in [-0.2, -0.15) is 0 Å². The van der Waals surface area contributed by atoms with Crippen LogP contribution in [0.4, 0.5) is 5.95 Å². The molecule has 0 aromatic carbocycles. The lowest BCUT2D eigenvalue weighted by molar-refractivity contribution is -0.132. The zero-order chi connectivity index (χ0) is 22.5. The van der Waals surface area contributed by atoms with Crippen molar-refractivity contribution in [2.75, 3.05) is 31.1 Å². The van der Waals surface area contributed by atoms with E-state index in [0.29, 0.717) is 12.3 Å². The number of hydrogen-bond donors (Lipinski definition) is 0. The maximum Gasteiger partial charge on any atom is 0.225 e. The summed E-state index contributed by atoms with van der Waals surface area (Å²) in [5.74, 6) is 2.19. The van der Waals surface area contributed by atoms with Gasteiger partial charge < -0.3 is 9.80 Å². The van der Waals surface area contributed by atoms with Crippen molar-refractivity contribution in [1.29, 1.82) is 0 Å². The van der Waals surface area contributed by atoms with Gasteiger partial charge >= 0.3 is 0 Å². The van der Waals surface area contributed by atoms with Crippen LogP contribution >= 0.6 is 0 Å². The highest BCUT2D eigenvalue weighted by molar-refractivity contribution is 5.76. The molecule has 1 saturated carbocycles. The summed E-state index contributed by atoms with van der Waals surface area (Å²) >= 11 is 0. The zero-order valence-corrected chi connectivity index (χ0v) is 19.8. The Kier molecular flexibility index (Phi) is 7.18. The van der Waals surface area contributed by atoms with E-state index >= 15 is 0 Å². The second kappa shape index (κ2) is 10.6. The van der Waals surface area contributed by atoms with Gasteiger partial charge in [-0.05, 0) is 50.5 Å². The summed E-state index contributed by atoms with van der Waals surface area (Å²) in [4.78, 5) is 31.8. The van der Waals surface area contributed by atoms with Crippen LogP contribution in [0.1, 0.15) is 82.2 Å². The van der Waals surface area contributed by atoms with E-state index in [1.807, 2.05) is 18.5 Å². The fourth-order valence-corrected chi connectivity index (χ4v) is 5.90. The lowest BCUT2D eigenvalue weighted by Gasteiger charge is -2.34. The van der Waals surface area contributed by atoms with Gasteiger partial charge in [-0.1, -0.05) is 31.7 Å². The molecular formula is C27H37N5O. The number of piperidine rings is 2. The van der Waals surface area contributed by atoms with Crippen molar-refractivity contribution in [3.05, 3.63) is 36.4 Å². The van der Waals surface area contributed by atoms with Crippen molar-refractivity contribution in [2.45, 2.75) is 76.5 Å². The number of carbonyl (C=O) groups is 1. The molecule has 3 aliphatic rings. The van der Waals surface area contributed by atoms with Crippen LogP contribution in [0.15, 0.2) is 30.7 Å². The van der Waals surface area contributed by atoms with E-state index in [9.17, 15) is 4.79 Å². The van der Waals surface area contributed by atoms with Crippen molar-refractivity contribution in [1.82, 2.24) is 19.9 Å². The van der Waals surface area contributed by atoms with Gasteiger partial charge in [0, 0.05) is 68.2 Å². The minimum Gasteiger partial charge on any atom is -0.342 e. The number of amides is 1. The standard InChI is InChI=1S/C27H37N5O/c33-25(13-12-21-8-2-3-9-21)32-17-7-11-23(20-32)26-24(22-10-6-14-28-18-22)19-29-27(30-26)31-15-4-1-5-16-31/h6,10,14,18-19,21,23H,1-5,7-9,11-13,15-17,20H2/t23-/m1/s1. The first kappa shape index (κ1) is 22.3. The van der Waals surface area contributed by atoms with Crippen molar-refractivity contribution in [2.24, 2.45) is 5.92 Å². The maximum atomic E-state index is 13.1. The van der Waals surface area contributed by atoms with E-state index < -0.39 is 0 Å². The van der Waals surface area contributed by atoms with Crippen LogP contribution in [0.3, 0.4) is 0 Å². The lowest BCUT2D eigenvalue weighted by Crippen LogP contribution is -2.39. The minimum absolute atomic E-state index is 0.246. The molecule has 0 bridgehead atoms. The summed E-state index contributed by atoms with van der Waals surface area (Å²) in [5.41, 5.74) is 3.21. The molecule has 2 aliphatic heterocycles. The summed E-state index contributed by atoms with van der Waals surface area (Å²) in [6.45, 7) is 3.71. The molecule has 33 heavy (non-hydrogen) atoms. The number of nitrogens with zero attached hydrogens (tertiary/aromatic N) is 5. The van der Waals surface area contributed by atoms with Crippen LogP contribution < -0.4 is 4.90 Å². The molecule has 6 heteroatoms. The SMILES string of the molecule is O=C(CCC1CCCC1)N1CCC[C@@H](c2nc(N3CCCCC3)ncc2-c2cccnc2)C1. The number of hydrogen-bond acceptors (Lipinski definition) is 5. The average Bonchev–Trinajstić information content (AvgIpc) is 3.42. The smallest absolute Gasteiger partial charge is 0.225 e. The molecule has 6 nitrogen and oxygen atoms in total. The van der Waals surface area contributed by atoms with Gasteiger partial charge in [-0.3, -0.25) is 9.78 Å². The molecule has 1 atom stereocenters. The van der Waals surface area contributed by atoms with Crippen molar-refractivity contribution in [3.8, 4) is 11.1 Å². The van der Waals surface area contributed by atoms with Crippen molar-refractivity contribution in [3.63, 3.8) is 0 Å². The molecule has 176 valence electrons. The number of rotatable bonds is 6. The molecule has 5 rings (SSSR count). The Bertz CT molecular complexity index is 921. The van der Waals surface area contributed by atoms with Crippen LogP contribution in [0, 0.1) is 5.92 Å². The predicted octanol–water partition coefficient (Wildman–Crippen LogP) is 5.21. The lowest BCUT2D eigenvalue weighted by atomic mass is 9.90. The summed E-state index contributed by atoms with van der Waals surface area (Å²) in [7, 11) is 0. The molecule has 0 unspecified atom stereocenters. The van der Waals surface area contributed by atoms with Gasteiger partial charge in [-0.15, -0.1) is 0 Å². The van der Waals surface area contributed by atoms with Gasteiger partial charge in [0.2, 0.25) is 11.9 Å². The highest BCUT2D eigenvalue weighted by atomic mass is 16.2. The molecule has 2 aromatic rings. The van der Waals surface area contributed by atoms with Crippen molar-refractivity contribution >= 4 is 11.9 Å². The van der Waals surface area contributed by atoms with Gasteiger partial charge in [0.25, 0.3) is 0 Å². The highest BCUT2D eigenvalue weighted by Gasteiger charge is 2.29. The third-order valence-corrected chi connectivity index (χ3v) is 7.82. The third-order valence-electron chi connectivity index (χ3n) is 7.82. The predicted molar refractivity (Wildman–Crippen MR) is 131 cm³/mol. The largest absolute Gasteiger partial charge is 0.342 e. The van der Waals surface area contributed by atoms with Gasteiger partial charge in [0.15, 0.2) is 0 Å². The molecule has 4 heterocycles. The zero-order valence-electron chi connectivity index (χ0n) is 19.8. The van der Waals surface area contributed by atoms with E-state index in [4.69, 9.17) is 9.97 Å². The molecule has 0 N–H and O–H groups in total. The topological polar surface area (TPSA) is 62.2 Å². The number of anilines is 1. The van der Waals surface area contributed by atoms with Gasteiger partial charge in [0.1, 0.15) is 0 Å². The van der Waals surface area contributed by atoms with Crippen LogP contribution in [-0.2, 0) is 4.79 Å². The van der Waals surface area contributed by atoms with E-state index in [0.717, 1.165) is 74.1 Å². The minimum atomic E-state index is 0.246. The highest BCUT2D eigenvalue weighted by Crippen LogP contribution is 2.35. The van der Waals surface area contributed by atoms with E-state index in [-0.39, 0.29) is 5.92 Å². The Morgan fingerprint density at radius 2 is 1.82 bits per heavy atom. The van der Waals surface area contributed by atoms with Crippen LogP contribution in [-0.4, -0.2) is 51.9 Å².